The van der Waals surface area contributed by atoms with E-state index in [1.165, 1.54) is 22.5 Å². The largest absolute Gasteiger partial charge is 0.378 e. The number of hydroxylamine groups is 1. The normalized spacial score (nSPS) is 15.4. The van der Waals surface area contributed by atoms with Gasteiger partial charge in [0.15, 0.2) is 0 Å². The number of hydrogen-bond acceptors (Lipinski definition) is 6. The molecule has 11 heteroatoms. The summed E-state index contributed by atoms with van der Waals surface area (Å²) in [7, 11) is -4.14. The molecule has 0 radical (unpaired) electrons. The summed E-state index contributed by atoms with van der Waals surface area (Å²) in [5, 5.41) is 9.58. The number of halogens is 1. The quantitative estimate of drug-likeness (QED) is 0.417. The fraction of sp³-hybridized carbons (Fsp3) is 0.300. The Balaban J connectivity index is 1.74. The van der Waals surface area contributed by atoms with E-state index in [9.17, 15) is 18.0 Å². The maximum Gasteiger partial charge on any atom is 0.262 e. The number of carbonyl (C=O) groups excluding carboxylic acids is 2. The van der Waals surface area contributed by atoms with Crippen molar-refractivity contribution in [3.63, 3.8) is 0 Å². The fourth-order valence-corrected chi connectivity index (χ4v) is 4.43. The maximum absolute atomic E-state index is 12.8. The summed E-state index contributed by atoms with van der Waals surface area (Å²) < 4.78 is 32.9. The summed E-state index contributed by atoms with van der Waals surface area (Å²) in [5.41, 5.74) is 3.05. The highest BCUT2D eigenvalue weighted by molar-refractivity contribution is 7.89. The minimum absolute atomic E-state index is 0.0835. The molecular weight excluding hydrogens is 446 g/mol. The Kier molecular flexibility index (Phi) is 7.63. The molecule has 166 valence electrons. The molecule has 1 fully saturated rings. The van der Waals surface area contributed by atoms with Gasteiger partial charge >= 0.3 is 0 Å². The Morgan fingerprint density at radius 3 is 2.13 bits per heavy atom. The van der Waals surface area contributed by atoms with Gasteiger partial charge in [0.05, 0.1) is 24.5 Å². The van der Waals surface area contributed by atoms with Crippen molar-refractivity contribution in [2.24, 2.45) is 0 Å². The predicted octanol–water partition coefficient (Wildman–Crippen LogP) is 1.41. The van der Waals surface area contributed by atoms with E-state index in [0.717, 1.165) is 11.1 Å². The standard InChI is InChI=1S/C20H22ClN3O6S/c21-16-5-1-14(2-6-16)15-3-7-17(8-4-15)31(28,29)23-18(20(26)22-27)13-19(25)24-9-11-30-12-10-24/h1-8,18,23,27H,9-13H2,(H,22,26). The molecule has 9 nitrogen and oxygen atoms in total. The summed E-state index contributed by atoms with van der Waals surface area (Å²) in [4.78, 5) is 25.9. The topological polar surface area (TPSA) is 125 Å². The third-order valence-electron chi connectivity index (χ3n) is 4.81. The van der Waals surface area contributed by atoms with Crippen molar-refractivity contribution < 1.29 is 28.0 Å². The average Bonchev–Trinajstić information content (AvgIpc) is 2.79. The Labute approximate surface area is 185 Å². The Bertz CT molecular complexity index is 1020. The molecule has 3 rings (SSSR count). The molecule has 3 N–H and O–H groups in total. The molecule has 2 aromatic carbocycles. The van der Waals surface area contributed by atoms with Crippen LogP contribution in [0.3, 0.4) is 0 Å². The van der Waals surface area contributed by atoms with Gasteiger partial charge in [-0.05, 0) is 35.4 Å². The van der Waals surface area contributed by atoms with Crippen molar-refractivity contribution in [3.8, 4) is 11.1 Å². The van der Waals surface area contributed by atoms with Gasteiger partial charge in [0, 0.05) is 18.1 Å². The number of sulfonamides is 1. The lowest BCUT2D eigenvalue weighted by Crippen LogP contribution is -2.50. The highest BCUT2D eigenvalue weighted by atomic mass is 35.5. The first-order valence-electron chi connectivity index (χ1n) is 9.48. The molecule has 0 bridgehead atoms. The van der Waals surface area contributed by atoms with Crippen LogP contribution in [0.5, 0.6) is 0 Å². The Hall–Kier alpha value is -2.50. The fourth-order valence-electron chi connectivity index (χ4n) is 3.11. The highest BCUT2D eigenvalue weighted by Crippen LogP contribution is 2.23. The molecule has 31 heavy (non-hydrogen) atoms. The third kappa shape index (κ3) is 6.02. The van der Waals surface area contributed by atoms with Crippen LogP contribution in [-0.2, 0) is 24.3 Å². The lowest BCUT2D eigenvalue weighted by atomic mass is 10.1. The minimum atomic E-state index is -4.14. The number of hydrogen-bond donors (Lipinski definition) is 3. The number of carbonyl (C=O) groups is 2. The van der Waals surface area contributed by atoms with Gasteiger partial charge in [-0.15, -0.1) is 0 Å². The van der Waals surface area contributed by atoms with E-state index in [1.807, 2.05) is 12.1 Å². The molecule has 1 saturated heterocycles. The van der Waals surface area contributed by atoms with E-state index in [1.54, 1.807) is 24.3 Å². The molecule has 2 amide bonds. The monoisotopic (exact) mass is 467 g/mol. The summed E-state index contributed by atoms with van der Waals surface area (Å²) in [6.45, 7) is 1.44. The lowest BCUT2D eigenvalue weighted by Gasteiger charge is -2.28. The van der Waals surface area contributed by atoms with E-state index in [0.29, 0.717) is 31.3 Å². The number of morpholine rings is 1. The van der Waals surface area contributed by atoms with Crippen molar-refractivity contribution in [2.45, 2.75) is 17.4 Å². The van der Waals surface area contributed by atoms with Crippen LogP contribution in [0.25, 0.3) is 11.1 Å². The SMILES string of the molecule is O=C(NO)C(CC(=O)N1CCOCC1)NS(=O)(=O)c1ccc(-c2ccc(Cl)cc2)cc1. The third-order valence-corrected chi connectivity index (χ3v) is 6.55. The van der Waals surface area contributed by atoms with Gasteiger partial charge in [0.25, 0.3) is 5.91 Å². The van der Waals surface area contributed by atoms with E-state index in [2.05, 4.69) is 4.72 Å². The van der Waals surface area contributed by atoms with Crippen molar-refractivity contribution in [1.29, 1.82) is 0 Å². The van der Waals surface area contributed by atoms with Crippen molar-refractivity contribution >= 4 is 33.4 Å². The molecule has 0 aromatic heterocycles. The summed E-state index contributed by atoms with van der Waals surface area (Å²) >= 11 is 5.88. The number of amides is 2. The van der Waals surface area contributed by atoms with Crippen LogP contribution in [0.4, 0.5) is 0 Å². The molecular formula is C20H22ClN3O6S. The number of ether oxygens (including phenoxy) is 1. The zero-order chi connectivity index (χ0) is 22.4. The van der Waals surface area contributed by atoms with Gasteiger partial charge in [0.1, 0.15) is 6.04 Å². The van der Waals surface area contributed by atoms with Gasteiger partial charge in [-0.2, -0.15) is 4.72 Å². The number of nitrogens with one attached hydrogen (secondary N) is 2. The van der Waals surface area contributed by atoms with E-state index < -0.39 is 34.3 Å². The second kappa shape index (κ2) is 10.2. The van der Waals surface area contributed by atoms with Crippen molar-refractivity contribution in [3.05, 3.63) is 53.6 Å². The Morgan fingerprint density at radius 2 is 1.58 bits per heavy atom. The molecule has 1 aliphatic rings. The van der Waals surface area contributed by atoms with Crippen LogP contribution in [0, 0.1) is 0 Å². The molecule has 1 aliphatic heterocycles. The predicted molar refractivity (Wildman–Crippen MR) is 113 cm³/mol. The molecule has 1 heterocycles. The molecule has 1 unspecified atom stereocenters. The van der Waals surface area contributed by atoms with Crippen LogP contribution in [-0.4, -0.2) is 62.7 Å². The van der Waals surface area contributed by atoms with Crippen molar-refractivity contribution in [2.75, 3.05) is 26.3 Å². The maximum atomic E-state index is 12.8. The Morgan fingerprint density at radius 1 is 1.03 bits per heavy atom. The lowest BCUT2D eigenvalue weighted by molar-refractivity contribution is -0.140. The highest BCUT2D eigenvalue weighted by Gasteiger charge is 2.30. The van der Waals surface area contributed by atoms with Crippen LogP contribution in [0.2, 0.25) is 5.02 Å². The van der Waals surface area contributed by atoms with E-state index in [4.69, 9.17) is 21.5 Å². The number of nitrogens with zero attached hydrogens (tertiary/aromatic N) is 1. The van der Waals surface area contributed by atoms with Gasteiger partial charge in [-0.25, -0.2) is 13.9 Å². The second-order valence-electron chi connectivity index (χ2n) is 6.88. The smallest absolute Gasteiger partial charge is 0.262 e. The first-order chi connectivity index (χ1) is 14.8. The van der Waals surface area contributed by atoms with Crippen molar-refractivity contribution in [1.82, 2.24) is 15.1 Å². The molecule has 0 aliphatic carbocycles. The zero-order valence-corrected chi connectivity index (χ0v) is 18.0. The molecule has 2 aromatic rings. The van der Waals surface area contributed by atoms with Crippen LogP contribution < -0.4 is 10.2 Å². The van der Waals surface area contributed by atoms with Gasteiger partial charge in [0.2, 0.25) is 15.9 Å². The van der Waals surface area contributed by atoms with Crippen LogP contribution >= 0.6 is 11.6 Å². The number of rotatable bonds is 7. The van der Waals surface area contributed by atoms with Crippen LogP contribution in [0.1, 0.15) is 6.42 Å². The second-order valence-corrected chi connectivity index (χ2v) is 9.03. The molecule has 1 atom stereocenters. The van der Waals surface area contributed by atoms with Gasteiger partial charge in [-0.1, -0.05) is 35.9 Å². The minimum Gasteiger partial charge on any atom is -0.378 e. The van der Waals surface area contributed by atoms with Crippen LogP contribution in [0.15, 0.2) is 53.4 Å². The summed E-state index contributed by atoms with van der Waals surface area (Å²) in [6.07, 6.45) is -0.436. The first kappa shape index (κ1) is 23.2. The van der Waals surface area contributed by atoms with E-state index in [-0.39, 0.29) is 4.90 Å². The molecule has 0 saturated carbocycles. The van der Waals surface area contributed by atoms with Gasteiger partial charge in [-0.3, -0.25) is 14.8 Å². The first-order valence-corrected chi connectivity index (χ1v) is 11.3. The zero-order valence-electron chi connectivity index (χ0n) is 16.5. The number of benzene rings is 2. The van der Waals surface area contributed by atoms with E-state index >= 15 is 0 Å². The summed E-state index contributed by atoms with van der Waals surface area (Å²) in [6, 6.07) is 11.6. The average molecular weight is 468 g/mol. The summed E-state index contributed by atoms with van der Waals surface area (Å²) in [5.74, 6) is -1.44. The van der Waals surface area contributed by atoms with Gasteiger partial charge < -0.3 is 9.64 Å². The molecule has 0 spiro atoms.